The van der Waals surface area contributed by atoms with Crippen LogP contribution in [0.1, 0.15) is 6.92 Å². The topological polar surface area (TPSA) is 40.5 Å². The van der Waals surface area contributed by atoms with Crippen LogP contribution in [0.2, 0.25) is 0 Å². The van der Waals surface area contributed by atoms with Gasteiger partial charge >= 0.3 is 0 Å². The van der Waals surface area contributed by atoms with E-state index in [-0.39, 0.29) is 0 Å². The zero-order valence-electron chi connectivity index (χ0n) is 4.76. The lowest BCUT2D eigenvalue weighted by Crippen LogP contribution is -2.37. The standard InChI is InChI=1S/C5H10ClO2/c1-4(6)5(2,8)3-7/h4,7-8H,2-3H2,1H3. The first-order valence-corrected chi connectivity index (χ1v) is 2.77. The molecule has 49 valence electrons. The molecule has 0 aliphatic rings. The molecule has 2 nitrogen and oxygen atoms in total. The average Bonchev–Trinajstić information content (AvgIpc) is 1.67. The molecule has 0 bridgehead atoms. The molecule has 0 spiro atoms. The van der Waals surface area contributed by atoms with Crippen LogP contribution in [0.4, 0.5) is 0 Å². The Kier molecular flexibility index (Phi) is 2.74. The van der Waals surface area contributed by atoms with Crippen molar-refractivity contribution in [3.05, 3.63) is 6.92 Å². The van der Waals surface area contributed by atoms with Gasteiger partial charge in [0.25, 0.3) is 0 Å². The number of aliphatic hydroxyl groups is 2. The summed E-state index contributed by atoms with van der Waals surface area (Å²) in [4.78, 5) is 0. The number of aliphatic hydroxyl groups excluding tert-OH is 1. The summed E-state index contributed by atoms with van der Waals surface area (Å²) < 4.78 is 0. The van der Waals surface area contributed by atoms with Crippen LogP contribution in [0.3, 0.4) is 0 Å². The van der Waals surface area contributed by atoms with E-state index in [1.807, 2.05) is 0 Å². The van der Waals surface area contributed by atoms with E-state index in [4.69, 9.17) is 21.8 Å². The Morgan fingerprint density at radius 3 is 2.25 bits per heavy atom. The third kappa shape index (κ3) is 1.99. The fraction of sp³-hybridized carbons (Fsp3) is 0.800. The summed E-state index contributed by atoms with van der Waals surface area (Å²) >= 11 is 5.40. The van der Waals surface area contributed by atoms with Crippen molar-refractivity contribution in [2.75, 3.05) is 6.61 Å². The smallest absolute Gasteiger partial charge is 0.104 e. The third-order valence-electron chi connectivity index (χ3n) is 1.01. The molecule has 8 heavy (non-hydrogen) atoms. The Balaban J connectivity index is 3.71. The first-order chi connectivity index (χ1) is 3.50. The molecule has 3 heteroatoms. The van der Waals surface area contributed by atoms with Crippen molar-refractivity contribution >= 4 is 11.6 Å². The maximum atomic E-state index is 8.91. The second-order valence-corrected chi connectivity index (χ2v) is 2.53. The van der Waals surface area contributed by atoms with Gasteiger partial charge in [-0.25, -0.2) is 0 Å². The molecule has 0 aromatic rings. The maximum absolute atomic E-state index is 8.91. The lowest BCUT2D eigenvalue weighted by molar-refractivity contribution is 0.0249. The highest BCUT2D eigenvalue weighted by Gasteiger charge is 2.25. The second-order valence-electron chi connectivity index (χ2n) is 1.88. The molecular formula is C5H10ClO2. The fourth-order valence-corrected chi connectivity index (χ4v) is 0.195. The first kappa shape index (κ1) is 8.21. The van der Waals surface area contributed by atoms with Crippen molar-refractivity contribution < 1.29 is 10.2 Å². The van der Waals surface area contributed by atoms with E-state index in [2.05, 4.69) is 6.92 Å². The Morgan fingerprint density at radius 2 is 2.25 bits per heavy atom. The van der Waals surface area contributed by atoms with E-state index in [0.717, 1.165) is 0 Å². The predicted octanol–water partition coefficient (Wildman–Crippen LogP) is 0.171. The first-order valence-electron chi connectivity index (χ1n) is 2.33. The molecular weight excluding hydrogens is 128 g/mol. The summed E-state index contributed by atoms with van der Waals surface area (Å²) in [6.45, 7) is 4.43. The SMILES string of the molecule is [CH2]C(O)(CO)C(C)Cl. The van der Waals surface area contributed by atoms with E-state index in [9.17, 15) is 0 Å². The molecule has 0 rings (SSSR count). The minimum absolute atomic E-state index is 0.405. The van der Waals surface area contributed by atoms with Gasteiger partial charge in [-0.2, -0.15) is 0 Å². The molecule has 0 amide bonds. The monoisotopic (exact) mass is 137 g/mol. The summed E-state index contributed by atoms with van der Waals surface area (Å²) in [5, 5.41) is 16.8. The normalized spacial score (nSPS) is 22.1. The van der Waals surface area contributed by atoms with Crippen molar-refractivity contribution in [2.24, 2.45) is 0 Å². The van der Waals surface area contributed by atoms with Crippen LogP contribution < -0.4 is 0 Å². The van der Waals surface area contributed by atoms with Crippen molar-refractivity contribution in [3.8, 4) is 0 Å². The zero-order valence-corrected chi connectivity index (χ0v) is 5.52. The van der Waals surface area contributed by atoms with Gasteiger partial charge in [-0.1, -0.05) is 0 Å². The highest BCUT2D eigenvalue weighted by molar-refractivity contribution is 6.21. The number of hydrogen-bond acceptors (Lipinski definition) is 2. The van der Waals surface area contributed by atoms with Gasteiger partial charge in [-0.3, -0.25) is 0 Å². The Hall–Kier alpha value is 0.210. The van der Waals surface area contributed by atoms with Gasteiger partial charge in [-0.05, 0) is 13.8 Å². The molecule has 2 atom stereocenters. The average molecular weight is 138 g/mol. The van der Waals surface area contributed by atoms with Gasteiger partial charge in [0.2, 0.25) is 0 Å². The van der Waals surface area contributed by atoms with Crippen molar-refractivity contribution in [3.63, 3.8) is 0 Å². The lowest BCUT2D eigenvalue weighted by atomic mass is 10.1. The summed E-state index contributed by atoms with van der Waals surface area (Å²) in [5.41, 5.74) is -1.39. The summed E-state index contributed by atoms with van der Waals surface area (Å²) in [5.74, 6) is 0. The maximum Gasteiger partial charge on any atom is 0.104 e. The molecule has 0 aliphatic heterocycles. The van der Waals surface area contributed by atoms with E-state index >= 15 is 0 Å². The number of hydrogen-bond donors (Lipinski definition) is 2. The summed E-state index contributed by atoms with van der Waals surface area (Å²) in [6.07, 6.45) is 0. The van der Waals surface area contributed by atoms with Gasteiger partial charge in [-0.15, -0.1) is 11.6 Å². The van der Waals surface area contributed by atoms with Crippen molar-refractivity contribution in [1.82, 2.24) is 0 Å². The quantitative estimate of drug-likeness (QED) is 0.533. The summed E-state index contributed by atoms with van der Waals surface area (Å²) in [7, 11) is 0. The van der Waals surface area contributed by atoms with Gasteiger partial charge in [0.15, 0.2) is 0 Å². The van der Waals surface area contributed by atoms with E-state index < -0.39 is 17.6 Å². The van der Waals surface area contributed by atoms with E-state index in [1.54, 1.807) is 6.92 Å². The van der Waals surface area contributed by atoms with Crippen LogP contribution in [0.15, 0.2) is 0 Å². The van der Waals surface area contributed by atoms with E-state index in [1.165, 1.54) is 0 Å². The minimum atomic E-state index is -1.39. The summed E-state index contributed by atoms with van der Waals surface area (Å²) in [6, 6.07) is 0. The van der Waals surface area contributed by atoms with E-state index in [0.29, 0.717) is 0 Å². The minimum Gasteiger partial charge on any atom is -0.393 e. The lowest BCUT2D eigenvalue weighted by Gasteiger charge is -2.22. The van der Waals surface area contributed by atoms with Crippen LogP contribution in [0.25, 0.3) is 0 Å². The molecule has 0 aromatic carbocycles. The Bertz CT molecular complexity index is 70.8. The van der Waals surface area contributed by atoms with Crippen LogP contribution in [0.5, 0.6) is 0 Å². The fourth-order valence-electron chi connectivity index (χ4n) is 0.126. The largest absolute Gasteiger partial charge is 0.393 e. The van der Waals surface area contributed by atoms with Gasteiger partial charge < -0.3 is 10.2 Å². The molecule has 2 N–H and O–H groups in total. The number of alkyl halides is 1. The van der Waals surface area contributed by atoms with Crippen molar-refractivity contribution in [2.45, 2.75) is 17.9 Å². The molecule has 2 unspecified atom stereocenters. The van der Waals surface area contributed by atoms with Crippen LogP contribution >= 0.6 is 11.6 Å². The molecule has 0 saturated carbocycles. The highest BCUT2D eigenvalue weighted by atomic mass is 35.5. The molecule has 0 saturated heterocycles. The number of rotatable bonds is 2. The third-order valence-corrected chi connectivity index (χ3v) is 1.42. The molecule has 0 aliphatic carbocycles. The second kappa shape index (κ2) is 2.67. The van der Waals surface area contributed by atoms with Crippen molar-refractivity contribution in [1.29, 1.82) is 0 Å². The molecule has 1 radical (unpaired) electrons. The highest BCUT2D eigenvalue weighted by Crippen LogP contribution is 2.12. The van der Waals surface area contributed by atoms with Gasteiger partial charge in [0, 0.05) is 0 Å². The molecule has 0 heterocycles. The molecule has 0 fully saturated rings. The van der Waals surface area contributed by atoms with Crippen LogP contribution in [-0.2, 0) is 0 Å². The van der Waals surface area contributed by atoms with Gasteiger partial charge in [0.05, 0.1) is 12.0 Å². The Morgan fingerprint density at radius 1 is 1.88 bits per heavy atom. The zero-order chi connectivity index (χ0) is 6.78. The predicted molar refractivity (Wildman–Crippen MR) is 32.7 cm³/mol. The van der Waals surface area contributed by atoms with Crippen LogP contribution in [-0.4, -0.2) is 27.8 Å². The van der Waals surface area contributed by atoms with Crippen LogP contribution in [0, 0.1) is 6.92 Å². The van der Waals surface area contributed by atoms with Gasteiger partial charge in [0.1, 0.15) is 5.60 Å². The molecule has 0 aromatic heterocycles. The Labute approximate surface area is 54.1 Å². The number of halogens is 1.